The molecule has 1 amide bonds. The average molecular weight is 597 g/mol. The molecule has 0 saturated heterocycles. The number of hydrogen-bond donors (Lipinski definition) is 2. The van der Waals surface area contributed by atoms with Crippen LogP contribution < -0.4 is 14.4 Å². The number of aliphatic hydroxyl groups excluding tert-OH is 1. The molecule has 1 unspecified atom stereocenters. The van der Waals surface area contributed by atoms with Crippen LogP contribution in [0.3, 0.4) is 0 Å². The van der Waals surface area contributed by atoms with Crippen LogP contribution in [0.25, 0.3) is 0 Å². The van der Waals surface area contributed by atoms with Gasteiger partial charge in [0, 0.05) is 34.3 Å². The first-order valence-corrected chi connectivity index (χ1v) is 17.2. The van der Waals surface area contributed by atoms with Crippen molar-refractivity contribution in [2.75, 3.05) is 24.6 Å². The van der Waals surface area contributed by atoms with Gasteiger partial charge in [-0.15, -0.1) is 0 Å². The predicted molar refractivity (Wildman–Crippen MR) is 168 cm³/mol. The van der Waals surface area contributed by atoms with Gasteiger partial charge in [-0.1, -0.05) is 36.7 Å². The molecule has 4 aliphatic rings. The van der Waals surface area contributed by atoms with E-state index in [9.17, 15) is 14.1 Å². The maximum Gasteiger partial charge on any atom is 0.262 e. The third kappa shape index (κ3) is 5.53. The van der Waals surface area contributed by atoms with Gasteiger partial charge in [0.25, 0.3) is 5.91 Å². The molecule has 2 aromatic rings. The van der Waals surface area contributed by atoms with Crippen LogP contribution in [0.2, 0.25) is 5.02 Å². The van der Waals surface area contributed by atoms with E-state index >= 15 is 0 Å². The molecule has 0 aromatic heterocycles. The summed E-state index contributed by atoms with van der Waals surface area (Å²) in [5.74, 6) is 4.85. The number of benzene rings is 2. The number of ether oxygens (including phenoxy) is 1. The first-order valence-electron chi connectivity index (χ1n) is 15.0. The van der Waals surface area contributed by atoms with E-state index in [4.69, 9.17) is 16.3 Å². The van der Waals surface area contributed by atoms with Crippen molar-refractivity contribution in [1.82, 2.24) is 4.72 Å². The summed E-state index contributed by atoms with van der Waals surface area (Å²) in [7, 11) is -2.87. The number of allylic oxidation sites excluding steroid dienone is 1. The molecule has 1 spiro atoms. The Bertz CT molecular complexity index is 1460. The van der Waals surface area contributed by atoms with Crippen LogP contribution in [-0.2, 0) is 21.5 Å². The molecule has 0 radical (unpaired) electrons. The Hall–Kier alpha value is -2.48. The number of rotatable bonds is 1. The second kappa shape index (κ2) is 11.3. The molecule has 2 N–H and O–H groups in total. The van der Waals surface area contributed by atoms with Crippen molar-refractivity contribution in [3.8, 4) is 5.75 Å². The molecule has 2 bridgehead atoms. The van der Waals surface area contributed by atoms with E-state index in [2.05, 4.69) is 27.6 Å². The van der Waals surface area contributed by atoms with E-state index in [0.717, 1.165) is 61.7 Å². The van der Waals surface area contributed by atoms with E-state index in [-0.39, 0.29) is 22.5 Å². The second-order valence-corrected chi connectivity index (χ2v) is 15.2. The quantitative estimate of drug-likeness (QED) is 0.327. The normalized spacial score (nSPS) is 34.3. The Kier molecular flexibility index (Phi) is 7.90. The van der Waals surface area contributed by atoms with Crippen LogP contribution in [0.1, 0.15) is 73.4 Å². The molecule has 2 aliphatic heterocycles. The highest BCUT2D eigenvalue weighted by atomic mass is 35.5. The van der Waals surface area contributed by atoms with Gasteiger partial charge in [0.05, 0.1) is 28.1 Å². The number of aliphatic hydroxyl groups is 1. The van der Waals surface area contributed by atoms with Crippen LogP contribution in [-0.4, -0.2) is 52.1 Å². The van der Waals surface area contributed by atoms with Crippen molar-refractivity contribution in [1.29, 1.82) is 0 Å². The molecule has 1 saturated carbocycles. The van der Waals surface area contributed by atoms with Gasteiger partial charge < -0.3 is 14.7 Å². The Morgan fingerprint density at radius 1 is 1.22 bits per heavy atom. The average Bonchev–Trinajstić information content (AvgIpc) is 3.07. The van der Waals surface area contributed by atoms with Gasteiger partial charge in [0.2, 0.25) is 0 Å². The summed E-state index contributed by atoms with van der Waals surface area (Å²) in [5, 5.41) is 11.6. The van der Waals surface area contributed by atoms with Crippen LogP contribution in [0.15, 0.2) is 48.6 Å². The van der Waals surface area contributed by atoms with Gasteiger partial charge in [-0.25, -0.2) is 4.21 Å². The lowest BCUT2D eigenvalue weighted by Crippen LogP contribution is -2.49. The largest absolute Gasteiger partial charge is 0.490 e. The monoisotopic (exact) mass is 596 g/mol. The number of aryl methyl sites for hydroxylation is 1. The number of anilines is 1. The van der Waals surface area contributed by atoms with Crippen molar-refractivity contribution >= 4 is 38.8 Å². The maximum absolute atomic E-state index is 13.6. The molecule has 220 valence electrons. The molecule has 8 heteroatoms. The third-order valence-electron chi connectivity index (χ3n) is 9.92. The van der Waals surface area contributed by atoms with Crippen LogP contribution in [0.5, 0.6) is 5.75 Å². The smallest absolute Gasteiger partial charge is 0.262 e. The Morgan fingerprint density at radius 3 is 2.85 bits per heavy atom. The summed E-state index contributed by atoms with van der Waals surface area (Å²) in [6.07, 6.45) is 10.5. The number of carbonyl (C=O) groups is 1. The SMILES string of the molecule is C=S1(=O)NC(=O)c2ccc3c(c2)N(C[C@@H]2CC[C@H]2[C@H](O)/C=C/CC[C@H]1CC)C[C@@]1(CCCc2cc(Cl)ccc21)CO3. The minimum Gasteiger partial charge on any atom is -0.490 e. The molecule has 2 aliphatic carbocycles. The lowest BCUT2D eigenvalue weighted by Gasteiger charge is -2.45. The Morgan fingerprint density at radius 2 is 2.07 bits per heavy atom. The summed E-state index contributed by atoms with van der Waals surface area (Å²) in [5.41, 5.74) is 3.69. The molecule has 6 rings (SSSR count). The second-order valence-electron chi connectivity index (χ2n) is 12.5. The van der Waals surface area contributed by atoms with Crippen LogP contribution >= 0.6 is 11.6 Å². The highest BCUT2D eigenvalue weighted by molar-refractivity contribution is 7.99. The van der Waals surface area contributed by atoms with E-state index < -0.39 is 15.8 Å². The molecular formula is C33H41ClN2O4S. The lowest BCUT2D eigenvalue weighted by atomic mass is 9.68. The Labute approximate surface area is 249 Å². The molecule has 6 atom stereocenters. The van der Waals surface area contributed by atoms with E-state index in [1.54, 1.807) is 6.07 Å². The van der Waals surface area contributed by atoms with Crippen molar-refractivity contribution in [2.45, 2.75) is 75.1 Å². The minimum absolute atomic E-state index is 0.186. The number of halogens is 1. The fourth-order valence-electron chi connectivity index (χ4n) is 7.43. The fourth-order valence-corrected chi connectivity index (χ4v) is 9.28. The van der Waals surface area contributed by atoms with Gasteiger partial charge in [-0.3, -0.25) is 9.52 Å². The summed E-state index contributed by atoms with van der Waals surface area (Å²) < 4.78 is 22.9. The molecule has 1 fully saturated rings. The zero-order valence-electron chi connectivity index (χ0n) is 23.8. The number of nitrogens with zero attached hydrogens (tertiary/aromatic N) is 1. The summed E-state index contributed by atoms with van der Waals surface area (Å²) in [6.45, 7) is 4.04. The zero-order chi connectivity index (χ0) is 28.8. The molecule has 2 aromatic carbocycles. The number of hydrogen-bond acceptors (Lipinski definition) is 5. The highest BCUT2D eigenvalue weighted by Gasteiger charge is 2.44. The van der Waals surface area contributed by atoms with Gasteiger partial charge in [-0.2, -0.15) is 0 Å². The maximum atomic E-state index is 13.6. The van der Waals surface area contributed by atoms with Gasteiger partial charge in [0.1, 0.15) is 5.75 Å². The molecule has 6 nitrogen and oxygen atoms in total. The molecular weight excluding hydrogens is 556 g/mol. The number of amides is 1. The molecule has 41 heavy (non-hydrogen) atoms. The van der Waals surface area contributed by atoms with Crippen molar-refractivity contribution < 1.29 is 18.8 Å². The van der Waals surface area contributed by atoms with Crippen LogP contribution in [0.4, 0.5) is 5.69 Å². The van der Waals surface area contributed by atoms with Gasteiger partial charge in [0.15, 0.2) is 0 Å². The van der Waals surface area contributed by atoms with Crippen molar-refractivity contribution in [3.63, 3.8) is 0 Å². The van der Waals surface area contributed by atoms with E-state index in [0.29, 0.717) is 37.4 Å². The third-order valence-corrected chi connectivity index (χ3v) is 12.3. The van der Waals surface area contributed by atoms with Gasteiger partial charge in [-0.05, 0) is 111 Å². The van der Waals surface area contributed by atoms with Crippen molar-refractivity contribution in [2.24, 2.45) is 11.8 Å². The minimum atomic E-state index is -2.87. The highest BCUT2D eigenvalue weighted by Crippen LogP contribution is 2.46. The number of carbonyl (C=O) groups excluding carboxylic acids is 1. The first-order chi connectivity index (χ1) is 19.7. The molecule has 2 heterocycles. The summed E-state index contributed by atoms with van der Waals surface area (Å²) in [4.78, 5) is 15.9. The number of nitrogens with one attached hydrogen (secondary N) is 1. The van der Waals surface area contributed by atoms with E-state index in [1.165, 1.54) is 11.1 Å². The number of fused-ring (bicyclic) bond motifs is 4. The zero-order valence-corrected chi connectivity index (χ0v) is 25.4. The van der Waals surface area contributed by atoms with Crippen LogP contribution in [0, 0.1) is 11.8 Å². The first kappa shape index (κ1) is 28.6. The topological polar surface area (TPSA) is 78.9 Å². The Balaban J connectivity index is 1.42. The van der Waals surface area contributed by atoms with Crippen molar-refractivity contribution in [3.05, 3.63) is 70.3 Å². The standard InChI is InChI=1S/C33H41ClN2O4S/c1-3-26-8-4-5-9-30(37)27-13-10-24(27)19-36-20-33(16-6-7-22-17-25(34)12-14-28(22)33)21-40-31-15-11-23(18-29(31)36)32(38)35-41(26,2)39/h5,9,11-12,14-15,17-18,24,26-27,30,37H,2-4,6-8,10,13,16,19-21H2,1H3,(H,35,38,39)/b9-5+/t24-,26+,27+,30+,33-,41?/m0/s1. The van der Waals surface area contributed by atoms with E-state index in [1.807, 2.05) is 37.3 Å². The summed E-state index contributed by atoms with van der Waals surface area (Å²) >= 11 is 6.40. The predicted octanol–water partition coefficient (Wildman–Crippen LogP) is 5.69. The summed E-state index contributed by atoms with van der Waals surface area (Å²) in [6, 6.07) is 11.8. The van der Waals surface area contributed by atoms with Gasteiger partial charge >= 0.3 is 0 Å². The lowest BCUT2D eigenvalue weighted by molar-refractivity contribution is 0.0456. The fraction of sp³-hybridized carbons (Fsp3) is 0.515.